The Morgan fingerprint density at radius 1 is 0.857 bits per heavy atom. The zero-order valence-corrected chi connectivity index (χ0v) is 13.6. The van der Waals surface area contributed by atoms with Gasteiger partial charge in [0, 0.05) is 37.8 Å². The third kappa shape index (κ3) is 4.43. The lowest BCUT2D eigenvalue weighted by Crippen LogP contribution is -2.54. The summed E-state index contributed by atoms with van der Waals surface area (Å²) < 4.78 is 0. The van der Waals surface area contributed by atoms with Gasteiger partial charge in [-0.25, -0.2) is 0 Å². The number of piperidine rings is 1. The van der Waals surface area contributed by atoms with Crippen LogP contribution in [-0.2, 0) is 0 Å². The van der Waals surface area contributed by atoms with Gasteiger partial charge < -0.3 is 10.4 Å². The molecule has 3 fully saturated rings. The second-order valence-electron chi connectivity index (χ2n) is 7.70. The number of hydrogen-bond donors (Lipinski definition) is 2. The summed E-state index contributed by atoms with van der Waals surface area (Å²) >= 11 is 0. The van der Waals surface area contributed by atoms with E-state index in [0.717, 1.165) is 18.5 Å². The fourth-order valence-electron chi connectivity index (χ4n) is 4.92. The summed E-state index contributed by atoms with van der Waals surface area (Å²) in [5.41, 5.74) is 0. The first-order valence-corrected chi connectivity index (χ1v) is 9.46. The minimum Gasteiger partial charge on any atom is -0.396 e. The second kappa shape index (κ2) is 7.94. The molecule has 1 aliphatic heterocycles. The molecule has 0 amide bonds. The Kier molecular flexibility index (Phi) is 5.96. The predicted octanol–water partition coefficient (Wildman–Crippen LogP) is 2.92. The summed E-state index contributed by atoms with van der Waals surface area (Å²) in [6.07, 6.45) is 15.0. The Hall–Kier alpha value is -0.120. The van der Waals surface area contributed by atoms with Gasteiger partial charge in [-0.2, -0.15) is 0 Å². The van der Waals surface area contributed by atoms with Crippen LogP contribution in [-0.4, -0.2) is 47.8 Å². The van der Waals surface area contributed by atoms with E-state index >= 15 is 0 Å². The Labute approximate surface area is 130 Å². The molecule has 0 bridgehead atoms. The molecule has 2 aliphatic carbocycles. The number of likely N-dealkylation sites (tertiary alicyclic amines) is 1. The summed E-state index contributed by atoms with van der Waals surface area (Å²) in [7, 11) is 0. The Morgan fingerprint density at radius 3 is 2.29 bits per heavy atom. The highest BCUT2D eigenvalue weighted by Crippen LogP contribution is 2.29. The van der Waals surface area contributed by atoms with Crippen LogP contribution in [0.15, 0.2) is 0 Å². The van der Waals surface area contributed by atoms with Crippen molar-refractivity contribution in [1.29, 1.82) is 0 Å². The van der Waals surface area contributed by atoms with Crippen molar-refractivity contribution in [3.63, 3.8) is 0 Å². The molecule has 21 heavy (non-hydrogen) atoms. The minimum absolute atomic E-state index is 0.360. The van der Waals surface area contributed by atoms with Crippen LogP contribution in [0.5, 0.6) is 0 Å². The van der Waals surface area contributed by atoms with Crippen LogP contribution in [0.4, 0.5) is 0 Å². The Bertz CT molecular complexity index is 298. The quantitative estimate of drug-likeness (QED) is 0.818. The SMILES string of the molecule is OCCC1CC(NC2CCCC2)CN(C2CCCCC2)C1. The first kappa shape index (κ1) is 15.8. The lowest BCUT2D eigenvalue weighted by molar-refractivity contribution is 0.0648. The van der Waals surface area contributed by atoms with Crippen LogP contribution >= 0.6 is 0 Å². The van der Waals surface area contributed by atoms with E-state index in [-0.39, 0.29) is 0 Å². The van der Waals surface area contributed by atoms with E-state index in [4.69, 9.17) is 0 Å². The molecule has 3 heteroatoms. The standard InChI is InChI=1S/C18H34N2O/c21-11-10-15-12-17(19-16-6-4-5-7-16)14-20(13-15)18-8-2-1-3-9-18/h15-19,21H,1-14H2. The first-order valence-electron chi connectivity index (χ1n) is 9.46. The highest BCUT2D eigenvalue weighted by atomic mass is 16.3. The number of nitrogens with zero attached hydrogens (tertiary/aromatic N) is 1. The van der Waals surface area contributed by atoms with Crippen LogP contribution in [0.25, 0.3) is 0 Å². The number of aliphatic hydroxyl groups is 1. The van der Waals surface area contributed by atoms with Gasteiger partial charge >= 0.3 is 0 Å². The molecular weight excluding hydrogens is 260 g/mol. The van der Waals surface area contributed by atoms with Crippen molar-refractivity contribution < 1.29 is 5.11 Å². The van der Waals surface area contributed by atoms with Crippen LogP contribution in [0.2, 0.25) is 0 Å². The van der Waals surface area contributed by atoms with E-state index in [2.05, 4.69) is 10.2 Å². The Balaban J connectivity index is 1.57. The molecule has 0 radical (unpaired) electrons. The normalized spacial score (nSPS) is 33.6. The minimum atomic E-state index is 0.360. The monoisotopic (exact) mass is 294 g/mol. The second-order valence-corrected chi connectivity index (χ2v) is 7.70. The molecule has 1 saturated heterocycles. The molecule has 0 aromatic heterocycles. The van der Waals surface area contributed by atoms with Crippen molar-refractivity contribution in [2.75, 3.05) is 19.7 Å². The van der Waals surface area contributed by atoms with Crippen LogP contribution < -0.4 is 5.32 Å². The van der Waals surface area contributed by atoms with Crippen molar-refractivity contribution in [3.8, 4) is 0 Å². The number of rotatable bonds is 5. The van der Waals surface area contributed by atoms with E-state index in [1.165, 1.54) is 77.3 Å². The van der Waals surface area contributed by atoms with Crippen molar-refractivity contribution in [1.82, 2.24) is 10.2 Å². The lowest BCUT2D eigenvalue weighted by atomic mass is 9.87. The molecule has 1 heterocycles. The number of hydrogen-bond acceptors (Lipinski definition) is 3. The number of aliphatic hydroxyl groups excluding tert-OH is 1. The zero-order chi connectivity index (χ0) is 14.5. The summed E-state index contributed by atoms with van der Waals surface area (Å²) in [6, 6.07) is 2.27. The molecule has 3 nitrogen and oxygen atoms in total. The molecule has 2 saturated carbocycles. The molecule has 0 spiro atoms. The van der Waals surface area contributed by atoms with Gasteiger partial charge in [-0.05, 0) is 44.4 Å². The van der Waals surface area contributed by atoms with Crippen molar-refractivity contribution >= 4 is 0 Å². The van der Waals surface area contributed by atoms with E-state index < -0.39 is 0 Å². The Morgan fingerprint density at radius 2 is 1.57 bits per heavy atom. The lowest BCUT2D eigenvalue weighted by Gasteiger charge is -2.44. The van der Waals surface area contributed by atoms with Gasteiger partial charge in [-0.1, -0.05) is 32.1 Å². The van der Waals surface area contributed by atoms with Gasteiger partial charge in [-0.15, -0.1) is 0 Å². The summed E-state index contributed by atoms with van der Waals surface area (Å²) in [5, 5.41) is 13.3. The summed E-state index contributed by atoms with van der Waals surface area (Å²) in [6.45, 7) is 2.84. The van der Waals surface area contributed by atoms with Crippen LogP contribution in [0, 0.1) is 5.92 Å². The third-order valence-corrected chi connectivity index (χ3v) is 6.02. The van der Waals surface area contributed by atoms with E-state index in [9.17, 15) is 5.11 Å². The molecule has 3 rings (SSSR count). The number of nitrogens with one attached hydrogen (secondary N) is 1. The van der Waals surface area contributed by atoms with Gasteiger partial charge in [0.05, 0.1) is 0 Å². The zero-order valence-electron chi connectivity index (χ0n) is 13.6. The molecule has 3 aliphatic rings. The molecule has 122 valence electrons. The van der Waals surface area contributed by atoms with Gasteiger partial charge in [0.15, 0.2) is 0 Å². The van der Waals surface area contributed by atoms with Gasteiger partial charge in [-0.3, -0.25) is 4.90 Å². The fourth-order valence-corrected chi connectivity index (χ4v) is 4.92. The molecule has 0 aromatic rings. The van der Waals surface area contributed by atoms with Gasteiger partial charge in [0.1, 0.15) is 0 Å². The summed E-state index contributed by atoms with van der Waals surface area (Å²) in [5.74, 6) is 0.699. The maximum atomic E-state index is 9.35. The van der Waals surface area contributed by atoms with Crippen molar-refractivity contribution in [2.45, 2.75) is 88.8 Å². The highest BCUT2D eigenvalue weighted by Gasteiger charge is 2.32. The van der Waals surface area contributed by atoms with Crippen LogP contribution in [0.3, 0.4) is 0 Å². The maximum absolute atomic E-state index is 9.35. The smallest absolute Gasteiger partial charge is 0.0434 e. The highest BCUT2D eigenvalue weighted by molar-refractivity contribution is 4.90. The molecule has 2 N–H and O–H groups in total. The van der Waals surface area contributed by atoms with Crippen molar-refractivity contribution in [3.05, 3.63) is 0 Å². The third-order valence-electron chi connectivity index (χ3n) is 6.02. The van der Waals surface area contributed by atoms with Gasteiger partial charge in [0.2, 0.25) is 0 Å². The van der Waals surface area contributed by atoms with E-state index in [0.29, 0.717) is 18.6 Å². The summed E-state index contributed by atoms with van der Waals surface area (Å²) in [4.78, 5) is 2.77. The predicted molar refractivity (Wildman–Crippen MR) is 87.4 cm³/mol. The van der Waals surface area contributed by atoms with Crippen molar-refractivity contribution in [2.24, 2.45) is 5.92 Å². The average molecular weight is 294 g/mol. The molecule has 2 unspecified atom stereocenters. The van der Waals surface area contributed by atoms with E-state index in [1.54, 1.807) is 0 Å². The first-order chi connectivity index (χ1) is 10.3. The average Bonchev–Trinajstić information content (AvgIpc) is 3.01. The molecule has 2 atom stereocenters. The largest absolute Gasteiger partial charge is 0.396 e. The maximum Gasteiger partial charge on any atom is 0.0434 e. The van der Waals surface area contributed by atoms with Gasteiger partial charge in [0.25, 0.3) is 0 Å². The van der Waals surface area contributed by atoms with Crippen LogP contribution in [0.1, 0.15) is 70.6 Å². The van der Waals surface area contributed by atoms with E-state index in [1.807, 2.05) is 0 Å². The fraction of sp³-hybridized carbons (Fsp3) is 1.00. The topological polar surface area (TPSA) is 35.5 Å². The molecular formula is C18H34N2O. The molecule has 0 aromatic carbocycles.